The quantitative estimate of drug-likeness (QED) is 0.805. The summed E-state index contributed by atoms with van der Waals surface area (Å²) in [4.78, 5) is 0. The number of aromatic nitrogens is 4. The van der Waals surface area contributed by atoms with Gasteiger partial charge in [0.25, 0.3) is 0 Å². The molecule has 6 heteroatoms. The molecular weight excluding hydrogens is 306 g/mol. The summed E-state index contributed by atoms with van der Waals surface area (Å²) in [5, 5.41) is 17.2. The van der Waals surface area contributed by atoms with E-state index in [1.54, 1.807) is 4.68 Å². The van der Waals surface area contributed by atoms with Gasteiger partial charge in [0.2, 0.25) is 0 Å². The summed E-state index contributed by atoms with van der Waals surface area (Å²) in [6.07, 6.45) is 0. The van der Waals surface area contributed by atoms with Crippen LogP contribution in [0.4, 0.5) is 0 Å². The molecule has 0 unspecified atom stereocenters. The fraction of sp³-hybridized carbons (Fsp3) is 0.154. The Morgan fingerprint density at radius 3 is 2.74 bits per heavy atom. The molecule has 2 aromatic carbocycles. The van der Waals surface area contributed by atoms with Gasteiger partial charge in [0.05, 0.1) is 12.2 Å². The van der Waals surface area contributed by atoms with E-state index < -0.39 is 0 Å². The maximum atomic E-state index is 4.09. The number of fused-ring (bicyclic) bond motifs is 1. The zero-order valence-electron chi connectivity index (χ0n) is 10.3. The van der Waals surface area contributed by atoms with Crippen molar-refractivity contribution in [3.05, 3.63) is 46.7 Å². The first-order valence-electron chi connectivity index (χ1n) is 5.90. The first-order chi connectivity index (χ1) is 9.31. The Hall–Kier alpha value is -1.79. The van der Waals surface area contributed by atoms with Crippen LogP contribution in [0.3, 0.4) is 0 Å². The van der Waals surface area contributed by atoms with Crippen molar-refractivity contribution in [1.29, 1.82) is 0 Å². The summed E-state index contributed by atoms with van der Waals surface area (Å²) in [5.41, 5.74) is 0.981. The van der Waals surface area contributed by atoms with Crippen molar-refractivity contribution >= 4 is 26.7 Å². The molecule has 3 rings (SSSR count). The normalized spacial score (nSPS) is 11.1. The van der Waals surface area contributed by atoms with Crippen molar-refractivity contribution in [2.75, 3.05) is 7.05 Å². The van der Waals surface area contributed by atoms with E-state index in [4.69, 9.17) is 0 Å². The maximum absolute atomic E-state index is 4.09. The molecule has 19 heavy (non-hydrogen) atoms. The Morgan fingerprint density at radius 1 is 1.16 bits per heavy atom. The Morgan fingerprint density at radius 2 is 1.95 bits per heavy atom. The van der Waals surface area contributed by atoms with Crippen LogP contribution < -0.4 is 5.32 Å². The van der Waals surface area contributed by atoms with Gasteiger partial charge in [-0.2, -0.15) is 4.68 Å². The third-order valence-corrected chi connectivity index (χ3v) is 3.64. The van der Waals surface area contributed by atoms with Crippen LogP contribution in [0.15, 0.2) is 40.9 Å². The minimum Gasteiger partial charge on any atom is -0.313 e. The second-order valence-corrected chi connectivity index (χ2v) is 5.00. The molecule has 0 radical (unpaired) electrons. The molecule has 0 aliphatic heterocycles. The van der Waals surface area contributed by atoms with Crippen LogP contribution in [0.1, 0.15) is 5.82 Å². The molecule has 0 atom stereocenters. The molecule has 5 nitrogen and oxygen atoms in total. The monoisotopic (exact) mass is 317 g/mol. The molecule has 0 fully saturated rings. The van der Waals surface area contributed by atoms with Gasteiger partial charge in [-0.25, -0.2) is 0 Å². The first kappa shape index (κ1) is 12.3. The molecular formula is C13H12BrN5. The van der Waals surface area contributed by atoms with Crippen LogP contribution in [-0.4, -0.2) is 27.3 Å². The number of benzene rings is 2. The van der Waals surface area contributed by atoms with Crippen LogP contribution in [0.2, 0.25) is 0 Å². The predicted octanol–water partition coefficient (Wildman–Crippen LogP) is 2.30. The minimum absolute atomic E-state index is 0.622. The second kappa shape index (κ2) is 5.07. The number of rotatable bonds is 3. The van der Waals surface area contributed by atoms with E-state index in [1.165, 1.54) is 0 Å². The van der Waals surface area contributed by atoms with Gasteiger partial charge >= 0.3 is 0 Å². The molecule has 0 bridgehead atoms. The van der Waals surface area contributed by atoms with Crippen LogP contribution >= 0.6 is 15.9 Å². The van der Waals surface area contributed by atoms with E-state index in [0.717, 1.165) is 26.8 Å². The van der Waals surface area contributed by atoms with Crippen LogP contribution in [-0.2, 0) is 6.54 Å². The van der Waals surface area contributed by atoms with Gasteiger partial charge in [0.15, 0.2) is 5.82 Å². The number of hydrogen-bond donors (Lipinski definition) is 1. The van der Waals surface area contributed by atoms with Crippen molar-refractivity contribution < 1.29 is 0 Å². The van der Waals surface area contributed by atoms with Gasteiger partial charge < -0.3 is 5.32 Å². The van der Waals surface area contributed by atoms with E-state index >= 15 is 0 Å². The second-order valence-electron chi connectivity index (χ2n) is 4.15. The largest absolute Gasteiger partial charge is 0.313 e. The van der Waals surface area contributed by atoms with Crippen molar-refractivity contribution in [2.24, 2.45) is 0 Å². The number of nitrogens with one attached hydrogen (secondary N) is 1. The smallest absolute Gasteiger partial charge is 0.170 e. The van der Waals surface area contributed by atoms with E-state index in [-0.39, 0.29) is 0 Å². The predicted molar refractivity (Wildman–Crippen MR) is 77.1 cm³/mol. The number of tetrazole rings is 1. The van der Waals surface area contributed by atoms with Crippen molar-refractivity contribution in [2.45, 2.75) is 6.54 Å². The lowest BCUT2D eigenvalue weighted by atomic mass is 10.1. The van der Waals surface area contributed by atoms with Gasteiger partial charge in [-0.05, 0) is 35.0 Å². The van der Waals surface area contributed by atoms with Gasteiger partial charge in [0.1, 0.15) is 0 Å². The minimum atomic E-state index is 0.622. The maximum Gasteiger partial charge on any atom is 0.170 e. The standard InChI is InChI=1S/C13H12BrN5/c1-15-8-13-16-17-18-19(13)12-7-6-11(14)9-4-2-3-5-10(9)12/h2-7,15H,8H2,1H3. The number of halogens is 1. The molecule has 3 aromatic rings. The Labute approximate surface area is 118 Å². The van der Waals surface area contributed by atoms with Crippen LogP contribution in [0.5, 0.6) is 0 Å². The van der Waals surface area contributed by atoms with E-state index in [2.05, 4.69) is 48.9 Å². The van der Waals surface area contributed by atoms with Gasteiger partial charge in [-0.1, -0.05) is 40.2 Å². The number of nitrogens with zero attached hydrogens (tertiary/aromatic N) is 4. The van der Waals surface area contributed by atoms with Gasteiger partial charge in [-0.3, -0.25) is 0 Å². The SMILES string of the molecule is CNCc1nnnn1-c1ccc(Br)c2ccccc12. The lowest BCUT2D eigenvalue weighted by Gasteiger charge is -2.09. The molecule has 0 saturated carbocycles. The van der Waals surface area contributed by atoms with Crippen LogP contribution in [0.25, 0.3) is 16.5 Å². The van der Waals surface area contributed by atoms with Crippen molar-refractivity contribution in [3.8, 4) is 5.69 Å². The van der Waals surface area contributed by atoms with E-state index in [0.29, 0.717) is 6.54 Å². The highest BCUT2D eigenvalue weighted by atomic mass is 79.9. The van der Waals surface area contributed by atoms with Gasteiger partial charge in [-0.15, -0.1) is 5.10 Å². The molecule has 0 aliphatic rings. The summed E-state index contributed by atoms with van der Waals surface area (Å²) >= 11 is 3.57. The fourth-order valence-corrected chi connectivity index (χ4v) is 2.57. The topological polar surface area (TPSA) is 55.6 Å². The van der Waals surface area contributed by atoms with E-state index in [9.17, 15) is 0 Å². The molecule has 1 N–H and O–H groups in total. The summed E-state index contributed by atoms with van der Waals surface area (Å²) in [6, 6.07) is 12.2. The van der Waals surface area contributed by atoms with Gasteiger partial charge in [0, 0.05) is 9.86 Å². The highest BCUT2D eigenvalue weighted by Crippen LogP contribution is 2.28. The lowest BCUT2D eigenvalue weighted by Crippen LogP contribution is -2.12. The zero-order chi connectivity index (χ0) is 13.2. The summed E-state index contributed by atoms with van der Waals surface area (Å²) in [5.74, 6) is 0.787. The average molecular weight is 318 g/mol. The molecule has 96 valence electrons. The third-order valence-electron chi connectivity index (χ3n) is 2.95. The number of hydrogen-bond acceptors (Lipinski definition) is 4. The molecule has 0 aliphatic carbocycles. The Bertz CT molecular complexity index is 722. The molecule has 0 amide bonds. The summed E-state index contributed by atoms with van der Waals surface area (Å²) in [7, 11) is 1.87. The highest BCUT2D eigenvalue weighted by Gasteiger charge is 2.11. The van der Waals surface area contributed by atoms with Crippen molar-refractivity contribution in [3.63, 3.8) is 0 Å². The van der Waals surface area contributed by atoms with Crippen molar-refractivity contribution in [1.82, 2.24) is 25.5 Å². The lowest BCUT2D eigenvalue weighted by molar-refractivity contribution is 0.711. The Kier molecular flexibility index (Phi) is 3.27. The zero-order valence-corrected chi connectivity index (χ0v) is 11.9. The first-order valence-corrected chi connectivity index (χ1v) is 6.70. The molecule has 0 spiro atoms. The average Bonchev–Trinajstić information content (AvgIpc) is 2.88. The summed E-state index contributed by atoms with van der Waals surface area (Å²) in [6.45, 7) is 0.622. The molecule has 0 saturated heterocycles. The highest BCUT2D eigenvalue weighted by molar-refractivity contribution is 9.10. The van der Waals surface area contributed by atoms with Crippen LogP contribution in [0, 0.1) is 0 Å². The Balaban J connectivity index is 2.25. The third kappa shape index (κ3) is 2.13. The fourth-order valence-electron chi connectivity index (χ4n) is 2.09. The molecule has 1 heterocycles. The summed E-state index contributed by atoms with van der Waals surface area (Å²) < 4.78 is 2.83. The molecule has 1 aromatic heterocycles. The van der Waals surface area contributed by atoms with E-state index in [1.807, 2.05) is 31.3 Å².